The molecule has 0 aliphatic carbocycles. The van der Waals surface area contributed by atoms with Crippen molar-refractivity contribution in [1.29, 1.82) is 0 Å². The number of aromatic nitrogens is 1. The summed E-state index contributed by atoms with van der Waals surface area (Å²) in [5.41, 5.74) is 2.07. The summed E-state index contributed by atoms with van der Waals surface area (Å²) >= 11 is 6.04. The number of nitrogens with zero attached hydrogens (tertiary/aromatic N) is 3. The molecule has 0 aliphatic heterocycles. The van der Waals surface area contributed by atoms with E-state index in [1.807, 2.05) is 49.7 Å². The van der Waals surface area contributed by atoms with Gasteiger partial charge in [-0.25, -0.2) is 13.1 Å². The Morgan fingerprint density at radius 1 is 1.28 bits per heavy atom. The van der Waals surface area contributed by atoms with E-state index in [0.717, 1.165) is 11.3 Å². The van der Waals surface area contributed by atoms with Crippen molar-refractivity contribution in [1.82, 2.24) is 19.5 Å². The molecule has 10 heteroatoms. The Morgan fingerprint density at radius 2 is 1.93 bits per heavy atom. The van der Waals surface area contributed by atoms with Gasteiger partial charge in [-0.3, -0.25) is 4.99 Å². The number of aliphatic imine (C=N–C) groups is 1. The van der Waals surface area contributed by atoms with Crippen LogP contribution in [-0.4, -0.2) is 50.5 Å². The van der Waals surface area contributed by atoms with Crippen LogP contribution in [0, 0.1) is 6.92 Å². The predicted molar refractivity (Wildman–Crippen MR) is 130 cm³/mol. The molecule has 2 aromatic rings. The molecule has 2 N–H and O–H groups in total. The van der Waals surface area contributed by atoms with Crippen LogP contribution in [0.1, 0.15) is 18.2 Å². The summed E-state index contributed by atoms with van der Waals surface area (Å²) in [4.78, 5) is 6.75. The maximum atomic E-state index is 12.3. The molecule has 0 spiro atoms. The maximum Gasteiger partial charge on any atom is 0.240 e. The zero-order valence-electron chi connectivity index (χ0n) is 17.1. The van der Waals surface area contributed by atoms with Crippen LogP contribution in [0.2, 0.25) is 5.02 Å². The van der Waals surface area contributed by atoms with Gasteiger partial charge in [0.05, 0.1) is 23.0 Å². The first-order valence-electron chi connectivity index (χ1n) is 9.09. The van der Waals surface area contributed by atoms with E-state index in [0.29, 0.717) is 30.6 Å². The molecule has 0 bridgehead atoms. The Bertz CT molecular complexity index is 913. The van der Waals surface area contributed by atoms with Crippen molar-refractivity contribution in [3.05, 3.63) is 52.8 Å². The van der Waals surface area contributed by atoms with E-state index in [9.17, 15) is 8.42 Å². The molecular formula is C19H29ClIN5O2S. The van der Waals surface area contributed by atoms with Crippen LogP contribution >= 0.6 is 35.6 Å². The third-order valence-corrected chi connectivity index (χ3v) is 5.85. The van der Waals surface area contributed by atoms with E-state index in [-0.39, 0.29) is 35.4 Å². The fourth-order valence-corrected chi connectivity index (χ4v) is 3.95. The first kappa shape index (κ1) is 25.7. The van der Waals surface area contributed by atoms with E-state index in [1.165, 1.54) is 0 Å². The fraction of sp³-hybridized carbons (Fsp3) is 0.421. The Hall–Kier alpha value is -1.30. The van der Waals surface area contributed by atoms with Crippen LogP contribution < -0.4 is 10.0 Å². The SMILES string of the molecule is CCNC(=NCCNS(=O)(=O)c1ccc(C)cc1)N(C)Cc1cc(Cl)cn1C.I. The quantitative estimate of drug-likeness (QED) is 0.228. The Labute approximate surface area is 195 Å². The highest BCUT2D eigenvalue weighted by molar-refractivity contribution is 14.0. The molecule has 0 unspecified atom stereocenters. The minimum Gasteiger partial charge on any atom is -0.357 e. The van der Waals surface area contributed by atoms with Gasteiger partial charge in [-0.1, -0.05) is 29.3 Å². The summed E-state index contributed by atoms with van der Waals surface area (Å²) in [7, 11) is 0.343. The smallest absolute Gasteiger partial charge is 0.240 e. The van der Waals surface area contributed by atoms with E-state index in [4.69, 9.17) is 11.6 Å². The lowest BCUT2D eigenvalue weighted by Crippen LogP contribution is -2.39. The molecule has 0 radical (unpaired) electrons. The van der Waals surface area contributed by atoms with Crippen molar-refractivity contribution in [2.24, 2.45) is 12.0 Å². The fourth-order valence-electron chi connectivity index (χ4n) is 2.65. The Morgan fingerprint density at radius 3 is 2.48 bits per heavy atom. The molecule has 0 amide bonds. The van der Waals surface area contributed by atoms with Crippen molar-refractivity contribution in [3.8, 4) is 0 Å². The second kappa shape index (κ2) is 11.8. The monoisotopic (exact) mass is 553 g/mol. The van der Waals surface area contributed by atoms with Gasteiger partial charge in [0.2, 0.25) is 10.0 Å². The van der Waals surface area contributed by atoms with Crippen molar-refractivity contribution in [3.63, 3.8) is 0 Å². The van der Waals surface area contributed by atoms with Gasteiger partial charge in [0, 0.05) is 39.1 Å². The van der Waals surface area contributed by atoms with Gasteiger partial charge in [-0.2, -0.15) is 0 Å². The summed E-state index contributed by atoms with van der Waals surface area (Å²) in [6.07, 6.45) is 1.86. The van der Waals surface area contributed by atoms with E-state index in [1.54, 1.807) is 24.3 Å². The lowest BCUT2D eigenvalue weighted by Gasteiger charge is -2.22. The largest absolute Gasteiger partial charge is 0.357 e. The number of rotatable bonds is 8. The number of hydrogen-bond donors (Lipinski definition) is 2. The number of benzene rings is 1. The third kappa shape index (κ3) is 7.80. The molecule has 0 saturated heterocycles. The van der Waals surface area contributed by atoms with Crippen LogP contribution in [0.15, 0.2) is 46.4 Å². The topological polar surface area (TPSA) is 78.7 Å². The zero-order valence-corrected chi connectivity index (χ0v) is 21.0. The van der Waals surface area contributed by atoms with Crippen molar-refractivity contribution in [2.45, 2.75) is 25.3 Å². The first-order chi connectivity index (χ1) is 13.2. The molecular weight excluding hydrogens is 525 g/mol. The number of hydrogen-bond acceptors (Lipinski definition) is 3. The molecule has 1 aromatic carbocycles. The average Bonchev–Trinajstić information content (AvgIpc) is 2.95. The normalized spacial score (nSPS) is 11.8. The molecule has 1 heterocycles. The van der Waals surface area contributed by atoms with Gasteiger partial charge in [0.25, 0.3) is 0 Å². The minimum absolute atomic E-state index is 0. The highest BCUT2D eigenvalue weighted by Gasteiger charge is 2.13. The zero-order chi connectivity index (χ0) is 20.7. The first-order valence-corrected chi connectivity index (χ1v) is 11.0. The standard InChI is InChI=1S/C19H28ClN5O2S.HI/c1-5-21-19(25(4)14-17-12-16(20)13-24(17)3)22-10-11-23-28(26,27)18-8-6-15(2)7-9-18;/h6-9,12-13,23H,5,10-11,14H2,1-4H3,(H,21,22);1H. The molecule has 0 saturated carbocycles. The highest BCUT2D eigenvalue weighted by Crippen LogP contribution is 2.14. The second-order valence-corrected chi connectivity index (χ2v) is 8.77. The van der Waals surface area contributed by atoms with Gasteiger partial charge >= 0.3 is 0 Å². The maximum absolute atomic E-state index is 12.3. The molecule has 29 heavy (non-hydrogen) atoms. The second-order valence-electron chi connectivity index (χ2n) is 6.56. The summed E-state index contributed by atoms with van der Waals surface area (Å²) < 4.78 is 29.2. The Kier molecular flexibility index (Phi) is 10.4. The lowest BCUT2D eigenvalue weighted by molar-refractivity contribution is 0.462. The number of nitrogens with one attached hydrogen (secondary N) is 2. The summed E-state index contributed by atoms with van der Waals surface area (Å²) in [6.45, 7) is 5.79. The van der Waals surface area contributed by atoms with Gasteiger partial charge in [-0.05, 0) is 32.0 Å². The number of guanidine groups is 1. The van der Waals surface area contributed by atoms with Crippen LogP contribution in [0.25, 0.3) is 0 Å². The number of aryl methyl sites for hydroxylation is 2. The van der Waals surface area contributed by atoms with E-state index in [2.05, 4.69) is 15.0 Å². The summed E-state index contributed by atoms with van der Waals surface area (Å²) in [5.74, 6) is 0.703. The van der Waals surface area contributed by atoms with Gasteiger partial charge in [-0.15, -0.1) is 24.0 Å². The van der Waals surface area contributed by atoms with Crippen LogP contribution in [-0.2, 0) is 23.6 Å². The van der Waals surface area contributed by atoms with Crippen LogP contribution in [0.5, 0.6) is 0 Å². The highest BCUT2D eigenvalue weighted by atomic mass is 127. The molecule has 1 aromatic heterocycles. The molecule has 0 atom stereocenters. The van der Waals surface area contributed by atoms with Gasteiger partial charge in [0.15, 0.2) is 5.96 Å². The molecule has 162 valence electrons. The van der Waals surface area contributed by atoms with Gasteiger partial charge < -0.3 is 14.8 Å². The number of halogens is 2. The van der Waals surface area contributed by atoms with Crippen molar-refractivity contribution in [2.75, 3.05) is 26.7 Å². The predicted octanol–water partition coefficient (Wildman–Crippen LogP) is 2.98. The summed E-state index contributed by atoms with van der Waals surface area (Å²) in [5, 5.41) is 3.91. The minimum atomic E-state index is -3.53. The molecule has 2 rings (SSSR count). The van der Waals surface area contributed by atoms with Crippen molar-refractivity contribution >= 4 is 51.6 Å². The third-order valence-electron chi connectivity index (χ3n) is 4.17. The molecule has 0 aliphatic rings. The lowest BCUT2D eigenvalue weighted by atomic mass is 10.2. The van der Waals surface area contributed by atoms with Crippen LogP contribution in [0.4, 0.5) is 0 Å². The van der Waals surface area contributed by atoms with Crippen LogP contribution in [0.3, 0.4) is 0 Å². The van der Waals surface area contributed by atoms with E-state index < -0.39 is 10.0 Å². The van der Waals surface area contributed by atoms with Gasteiger partial charge in [0.1, 0.15) is 0 Å². The average molecular weight is 554 g/mol. The molecule has 0 fully saturated rings. The van der Waals surface area contributed by atoms with Crippen molar-refractivity contribution < 1.29 is 8.42 Å². The van der Waals surface area contributed by atoms with E-state index >= 15 is 0 Å². The molecule has 7 nitrogen and oxygen atoms in total. The Balaban J connectivity index is 0.00000420. The summed E-state index contributed by atoms with van der Waals surface area (Å²) in [6, 6.07) is 8.67. The number of sulfonamides is 1.